The van der Waals surface area contributed by atoms with Gasteiger partial charge in [-0.2, -0.15) is 23.3 Å². The largest absolute Gasteiger partial charge is 0.198 e. The van der Waals surface area contributed by atoms with Crippen molar-refractivity contribution in [1.82, 2.24) is 0 Å². The van der Waals surface area contributed by atoms with Gasteiger partial charge in [0.25, 0.3) is 0 Å². The molecule has 0 saturated heterocycles. The molecule has 0 saturated carbocycles. The average Bonchev–Trinajstić information content (AvgIpc) is 2.49. The summed E-state index contributed by atoms with van der Waals surface area (Å²) in [5.74, 6) is 0. The van der Waals surface area contributed by atoms with Gasteiger partial charge in [0.15, 0.2) is 0 Å². The second-order valence-corrected chi connectivity index (χ2v) is 2.13. The van der Waals surface area contributed by atoms with E-state index in [-0.39, 0.29) is 50.7 Å². The molecule has 0 aromatic rings. The SMILES string of the molecule is Cl.Cl.[C-]1=C(C2=CC2)C=CC1.[Hf]. The van der Waals surface area contributed by atoms with Gasteiger partial charge in [-0.3, -0.25) is 0 Å². The molecule has 0 unspecified atom stereocenters. The molecule has 0 spiro atoms. The quantitative estimate of drug-likeness (QED) is 0.502. The summed E-state index contributed by atoms with van der Waals surface area (Å²) in [5, 5.41) is 0. The first-order chi connectivity index (χ1) is 3.97. The Kier molecular flexibility index (Phi) is 8.03. The van der Waals surface area contributed by atoms with E-state index in [4.69, 9.17) is 0 Å². The summed E-state index contributed by atoms with van der Waals surface area (Å²) in [6, 6.07) is 0. The van der Waals surface area contributed by atoms with E-state index in [0.717, 1.165) is 6.42 Å². The monoisotopic (exact) mass is 355 g/mol. The maximum atomic E-state index is 3.26. The Morgan fingerprint density at radius 2 is 1.91 bits per heavy atom. The van der Waals surface area contributed by atoms with Gasteiger partial charge in [-0.15, -0.1) is 37.0 Å². The van der Waals surface area contributed by atoms with E-state index in [0.29, 0.717) is 0 Å². The predicted molar refractivity (Wildman–Crippen MR) is 47.7 cm³/mol. The summed E-state index contributed by atoms with van der Waals surface area (Å²) in [6.07, 6.45) is 12.0. The van der Waals surface area contributed by atoms with E-state index in [1.54, 1.807) is 0 Å². The van der Waals surface area contributed by atoms with Crippen LogP contribution in [0.4, 0.5) is 0 Å². The normalized spacial score (nSPS) is 16.7. The van der Waals surface area contributed by atoms with Gasteiger partial charge in [0.1, 0.15) is 0 Å². The Bertz CT molecular complexity index is 204. The van der Waals surface area contributed by atoms with Crippen LogP contribution in [0.5, 0.6) is 0 Å². The average molecular weight is 355 g/mol. The Labute approximate surface area is 98.4 Å². The summed E-state index contributed by atoms with van der Waals surface area (Å²) in [7, 11) is 0. The second kappa shape index (κ2) is 6.22. The number of hydrogen-bond acceptors (Lipinski definition) is 0. The maximum Gasteiger partial charge on any atom is 0 e. The number of allylic oxidation sites excluding steroid dienone is 6. The zero-order valence-corrected chi connectivity index (χ0v) is 11.2. The molecular formula is C8H9Cl2Hf-. The Morgan fingerprint density at radius 3 is 2.27 bits per heavy atom. The van der Waals surface area contributed by atoms with Gasteiger partial charge in [-0.05, 0) is 0 Å². The molecule has 0 aromatic carbocycles. The van der Waals surface area contributed by atoms with Crippen LogP contribution in [0.3, 0.4) is 0 Å². The first-order valence-corrected chi connectivity index (χ1v) is 2.93. The summed E-state index contributed by atoms with van der Waals surface area (Å²) >= 11 is 0. The minimum atomic E-state index is 0. The zero-order valence-electron chi connectivity index (χ0n) is 5.96. The molecule has 2 aliphatic rings. The fourth-order valence-electron chi connectivity index (χ4n) is 0.896. The van der Waals surface area contributed by atoms with Crippen LogP contribution in [0.1, 0.15) is 12.8 Å². The Morgan fingerprint density at radius 1 is 1.27 bits per heavy atom. The minimum absolute atomic E-state index is 0. The van der Waals surface area contributed by atoms with Gasteiger partial charge >= 0.3 is 0 Å². The van der Waals surface area contributed by atoms with Gasteiger partial charge < -0.3 is 0 Å². The first-order valence-electron chi connectivity index (χ1n) is 2.93. The maximum absolute atomic E-state index is 3.26. The van der Waals surface area contributed by atoms with Crippen LogP contribution in [-0.2, 0) is 25.8 Å². The van der Waals surface area contributed by atoms with Crippen LogP contribution < -0.4 is 0 Å². The third kappa shape index (κ3) is 3.73. The van der Waals surface area contributed by atoms with E-state index < -0.39 is 0 Å². The molecule has 2 aliphatic carbocycles. The van der Waals surface area contributed by atoms with Crippen molar-refractivity contribution in [1.29, 1.82) is 0 Å². The molecule has 3 heteroatoms. The van der Waals surface area contributed by atoms with Crippen molar-refractivity contribution in [3.05, 3.63) is 35.5 Å². The van der Waals surface area contributed by atoms with Gasteiger partial charge in [-0.25, -0.2) is 0 Å². The van der Waals surface area contributed by atoms with Crippen LogP contribution in [0.25, 0.3) is 0 Å². The van der Waals surface area contributed by atoms with E-state index in [1.807, 2.05) is 0 Å². The molecule has 0 amide bonds. The van der Waals surface area contributed by atoms with Crippen molar-refractivity contribution >= 4 is 24.8 Å². The van der Waals surface area contributed by atoms with Crippen molar-refractivity contribution in [2.75, 3.05) is 0 Å². The molecule has 0 aliphatic heterocycles. The van der Waals surface area contributed by atoms with Gasteiger partial charge in [0.05, 0.1) is 0 Å². The third-order valence-corrected chi connectivity index (χ3v) is 1.45. The van der Waals surface area contributed by atoms with Crippen molar-refractivity contribution in [2.45, 2.75) is 12.8 Å². The van der Waals surface area contributed by atoms with Crippen molar-refractivity contribution in [3.8, 4) is 0 Å². The second-order valence-electron chi connectivity index (χ2n) is 2.13. The summed E-state index contributed by atoms with van der Waals surface area (Å²) < 4.78 is 0. The fourth-order valence-corrected chi connectivity index (χ4v) is 0.896. The van der Waals surface area contributed by atoms with Crippen LogP contribution >= 0.6 is 24.8 Å². The van der Waals surface area contributed by atoms with Crippen LogP contribution in [0.2, 0.25) is 0 Å². The number of hydrogen-bond donors (Lipinski definition) is 0. The molecule has 0 heterocycles. The third-order valence-electron chi connectivity index (χ3n) is 1.45. The molecule has 2 rings (SSSR count). The van der Waals surface area contributed by atoms with E-state index in [2.05, 4.69) is 24.3 Å². The van der Waals surface area contributed by atoms with Crippen molar-refractivity contribution < 1.29 is 25.8 Å². The van der Waals surface area contributed by atoms with E-state index in [9.17, 15) is 0 Å². The molecule has 0 radical (unpaired) electrons. The summed E-state index contributed by atoms with van der Waals surface area (Å²) in [5.41, 5.74) is 2.82. The minimum Gasteiger partial charge on any atom is -0.198 e. The Balaban J connectivity index is 0. The molecular weight excluding hydrogens is 345 g/mol. The molecule has 60 valence electrons. The van der Waals surface area contributed by atoms with Crippen molar-refractivity contribution in [2.24, 2.45) is 0 Å². The fraction of sp³-hybridized carbons (Fsp3) is 0.250. The summed E-state index contributed by atoms with van der Waals surface area (Å²) in [4.78, 5) is 0. The standard InChI is InChI=1S/C8H7.2ClH.Hf/c1-2-4-7(3-1)8-5-6-8;;;/h1,3,5H,2,6H2;2*1H;/q-1;;;. The molecule has 11 heavy (non-hydrogen) atoms. The smallest absolute Gasteiger partial charge is 0 e. The molecule has 0 N–H and O–H groups in total. The zero-order chi connectivity index (χ0) is 5.40. The van der Waals surface area contributed by atoms with Gasteiger partial charge in [0, 0.05) is 25.8 Å². The Hall–Kier alpha value is 0.670. The van der Waals surface area contributed by atoms with E-state index in [1.165, 1.54) is 17.6 Å². The number of halogens is 2. The molecule has 0 aromatic heterocycles. The number of rotatable bonds is 1. The van der Waals surface area contributed by atoms with Crippen molar-refractivity contribution in [3.63, 3.8) is 0 Å². The molecule has 0 fully saturated rings. The van der Waals surface area contributed by atoms with Crippen LogP contribution in [0, 0.1) is 6.08 Å². The molecule has 0 atom stereocenters. The first kappa shape index (κ1) is 14.2. The molecule has 0 nitrogen and oxygen atoms in total. The van der Waals surface area contributed by atoms with Gasteiger partial charge in [0.2, 0.25) is 0 Å². The topological polar surface area (TPSA) is 0 Å². The summed E-state index contributed by atoms with van der Waals surface area (Å²) in [6.45, 7) is 0. The van der Waals surface area contributed by atoms with E-state index >= 15 is 0 Å². The predicted octanol–water partition coefficient (Wildman–Crippen LogP) is 2.85. The van der Waals surface area contributed by atoms with Crippen LogP contribution in [-0.4, -0.2) is 0 Å². The van der Waals surface area contributed by atoms with Gasteiger partial charge in [-0.1, -0.05) is 12.8 Å². The van der Waals surface area contributed by atoms with Crippen LogP contribution in [0.15, 0.2) is 29.4 Å². The molecule has 0 bridgehead atoms.